The number of esters is 1. The number of aryl methyl sites for hydroxylation is 3. The van der Waals surface area contributed by atoms with Gasteiger partial charge in [-0.15, -0.1) is 10.2 Å². The average Bonchev–Trinajstić information content (AvgIpc) is 4.13. The molecule has 0 aliphatic heterocycles. The number of aromatic amines is 2. The van der Waals surface area contributed by atoms with Gasteiger partial charge in [0.05, 0.1) is 11.4 Å². The van der Waals surface area contributed by atoms with Crippen LogP contribution in [-0.2, 0) is 28.0 Å². The minimum atomic E-state index is -0.812. The molecule has 22 heteroatoms. The Hall–Kier alpha value is -6.34. The molecule has 1 amide bonds. The molecule has 4 aromatic carbocycles. The number of amides is 1. The molecule has 0 aliphatic rings. The van der Waals surface area contributed by atoms with Gasteiger partial charge in [-0.3, -0.25) is 24.4 Å². The smallest absolute Gasteiger partial charge is 0.395 e. The van der Waals surface area contributed by atoms with Gasteiger partial charge in [-0.25, -0.2) is 19.1 Å². The van der Waals surface area contributed by atoms with E-state index in [0.717, 1.165) is 22.5 Å². The van der Waals surface area contributed by atoms with Gasteiger partial charge in [0, 0.05) is 30.4 Å². The molecule has 0 bridgehead atoms. The van der Waals surface area contributed by atoms with Gasteiger partial charge in [0.25, 0.3) is 5.91 Å². The highest BCUT2D eigenvalue weighted by Gasteiger charge is 2.20. The molecular weight excluding hydrogens is 1050 g/mol. The highest BCUT2D eigenvalue weighted by Crippen LogP contribution is 2.25. The Morgan fingerprint density at radius 3 is 1.28 bits per heavy atom. The summed E-state index contributed by atoms with van der Waals surface area (Å²) < 4.78 is 46.0. The van der Waals surface area contributed by atoms with E-state index in [-0.39, 0.29) is 61.4 Å². The molecule has 75 heavy (non-hydrogen) atoms. The Balaban J connectivity index is -0.000000445. The number of halogens is 2. The monoisotopic (exact) mass is 1130 g/mol. The molecule has 0 radical (unpaired) electrons. The van der Waals surface area contributed by atoms with Crippen LogP contribution in [0.3, 0.4) is 0 Å². The Morgan fingerprint density at radius 2 is 0.973 bits per heavy atom. The van der Waals surface area contributed by atoms with Crippen LogP contribution in [0.2, 0.25) is 10.0 Å². The van der Waals surface area contributed by atoms with Gasteiger partial charge >= 0.3 is 23.3 Å². The summed E-state index contributed by atoms with van der Waals surface area (Å²) in [7, 11) is -0.443. The predicted octanol–water partition coefficient (Wildman–Crippen LogP) is 17.4. The number of carbonyl (C=O) groups excluding carboxylic acids is 2. The van der Waals surface area contributed by atoms with Crippen molar-refractivity contribution in [3.8, 4) is 34.3 Å². The zero-order chi connectivity index (χ0) is 53.3. The van der Waals surface area contributed by atoms with Gasteiger partial charge in [0.15, 0.2) is 37.5 Å². The van der Waals surface area contributed by atoms with Crippen molar-refractivity contribution in [1.82, 2.24) is 39.6 Å². The zero-order valence-electron chi connectivity index (χ0n) is 41.9. The highest BCUT2D eigenvalue weighted by atomic mass is 35.5. The fraction of sp³-hybridized carbons (Fsp3) is 0.358. The highest BCUT2D eigenvalue weighted by molar-refractivity contribution is 7.22. The van der Waals surface area contributed by atoms with E-state index in [1.54, 1.807) is 66.7 Å². The molecule has 412 valence electrons. The lowest BCUT2D eigenvalue weighted by Gasteiger charge is -2.14. The fourth-order valence-electron chi connectivity index (χ4n) is 5.26. The standard InChI is InChI=1S/C17H18ClN5O3.C12H11ClN4.2C6H5O2P.C3H8.2C2H6.CH3OP.4CH4/c1-4-13(26-10(3)24)17(25)19-12-7-5-11(6-8-12)15-20-16-14(18)9(2)21-23(16)22-15;1-7-3-5-9(6-4-7)11-14-12-10(13)8(2)15-17(12)16-11;2*7-9-8-6-4-2-1-3-5-6;1-3-2;2*1-2;1-3-2;;;;/h5-8,13,21H,4H2,1-3H3,(H,19,25);3-6,15H,1-2H3;2*1-5H;3H2,1-2H3;2*1-2H3;1H3;4*1H4. The van der Waals surface area contributed by atoms with Crippen molar-refractivity contribution in [2.24, 2.45) is 0 Å². The molecule has 4 aromatic heterocycles. The van der Waals surface area contributed by atoms with E-state index >= 15 is 0 Å². The number of hydrogen-bond acceptors (Lipinski definition) is 12. The second kappa shape index (κ2) is 43.0. The van der Waals surface area contributed by atoms with Gasteiger partial charge < -0.3 is 19.1 Å². The molecule has 8 rings (SSSR count). The number of aromatic nitrogens is 8. The van der Waals surface area contributed by atoms with Gasteiger partial charge in [0.2, 0.25) is 0 Å². The first-order valence-corrected chi connectivity index (χ1v) is 25.9. The average molecular weight is 1130 g/mol. The summed E-state index contributed by atoms with van der Waals surface area (Å²) in [6, 6.07) is 33.1. The number of anilines is 1. The number of ether oxygens (including phenoxy) is 1. The van der Waals surface area contributed by atoms with E-state index in [4.69, 9.17) is 32.5 Å². The minimum absolute atomic E-state index is 0. The second-order valence-corrected chi connectivity index (χ2v) is 15.5. The van der Waals surface area contributed by atoms with Crippen molar-refractivity contribution >= 4 is 77.9 Å². The SMILES string of the molecule is C.C.C.C.CC.CC.CCC.CCC(OC(C)=O)C(=O)Nc1ccc(-c2nc3c(Cl)c(C)[nH]n3n2)cc1.CP=O.Cc1ccc(-c2nc3c(Cl)c(C)[nH]n3n2)cc1.O=POc1ccccc1.O=POc1ccccc1. The van der Waals surface area contributed by atoms with Crippen LogP contribution in [-0.4, -0.2) is 64.3 Å². The number of carbonyl (C=O) groups is 2. The summed E-state index contributed by atoms with van der Waals surface area (Å²) in [4.78, 5) is 32.0. The Kier molecular flexibility index (Phi) is 43.1. The number of rotatable bonds is 10. The van der Waals surface area contributed by atoms with Crippen molar-refractivity contribution in [3.63, 3.8) is 0 Å². The molecule has 3 N–H and O–H groups in total. The first-order chi connectivity index (χ1) is 34.2. The van der Waals surface area contributed by atoms with Crippen LogP contribution in [0.1, 0.15) is 115 Å². The Labute approximate surface area is 459 Å². The third kappa shape index (κ3) is 26.1. The number of hydrogen-bond donors (Lipinski definition) is 3. The van der Waals surface area contributed by atoms with E-state index in [2.05, 4.69) is 65.5 Å². The molecule has 8 aromatic rings. The first-order valence-electron chi connectivity index (χ1n) is 22.4. The molecule has 0 saturated heterocycles. The Bertz CT molecular complexity index is 2730. The molecule has 17 nitrogen and oxygen atoms in total. The summed E-state index contributed by atoms with van der Waals surface area (Å²) >= 11 is 12.3. The van der Waals surface area contributed by atoms with Crippen molar-refractivity contribution in [2.75, 3.05) is 12.0 Å². The van der Waals surface area contributed by atoms with Crippen LogP contribution < -0.4 is 14.4 Å². The summed E-state index contributed by atoms with van der Waals surface area (Å²) in [5.41, 5.74) is 6.46. The number of fused-ring (bicyclic) bond motifs is 2. The molecular formula is C53H78Cl2N9O8P3. The molecule has 0 fully saturated rings. The third-order valence-electron chi connectivity index (χ3n) is 8.28. The molecule has 0 saturated carbocycles. The lowest BCUT2D eigenvalue weighted by Crippen LogP contribution is -2.31. The normalized spacial score (nSPS) is 9.68. The topological polar surface area (TPSA) is 217 Å². The first kappa shape index (κ1) is 75.2. The van der Waals surface area contributed by atoms with Crippen LogP contribution in [0.15, 0.2) is 109 Å². The second-order valence-electron chi connectivity index (χ2n) is 13.7. The van der Waals surface area contributed by atoms with E-state index in [0.29, 0.717) is 56.6 Å². The van der Waals surface area contributed by atoms with Crippen molar-refractivity contribution < 1.29 is 37.1 Å². The maximum Gasteiger partial charge on any atom is 0.395 e. The van der Waals surface area contributed by atoms with E-state index < -0.39 is 12.1 Å². The van der Waals surface area contributed by atoms with Crippen LogP contribution in [0.4, 0.5) is 5.69 Å². The summed E-state index contributed by atoms with van der Waals surface area (Å²) in [6.45, 7) is 22.6. The maximum absolute atomic E-state index is 12.2. The number of benzene rings is 4. The summed E-state index contributed by atoms with van der Waals surface area (Å²) in [5.74, 6) is 1.58. The third-order valence-corrected chi connectivity index (χ3v) is 9.75. The fourth-order valence-corrected chi connectivity index (χ4v) is 6.00. The van der Waals surface area contributed by atoms with Crippen molar-refractivity contribution in [2.45, 2.75) is 125 Å². The summed E-state index contributed by atoms with van der Waals surface area (Å²) in [5, 5.41) is 18.6. The molecule has 0 spiro atoms. The van der Waals surface area contributed by atoms with E-state index in [9.17, 15) is 18.7 Å². The molecule has 0 aliphatic carbocycles. The van der Waals surface area contributed by atoms with Crippen LogP contribution in [0.25, 0.3) is 34.1 Å². The molecule has 4 heterocycles. The number of nitrogens with zero attached hydrogens (tertiary/aromatic N) is 6. The quantitative estimate of drug-likeness (QED) is 0.0861. The maximum atomic E-state index is 12.2. The predicted molar refractivity (Wildman–Crippen MR) is 313 cm³/mol. The lowest BCUT2D eigenvalue weighted by atomic mass is 10.1. The molecule has 1 atom stereocenters. The van der Waals surface area contributed by atoms with Gasteiger partial charge in [-0.2, -0.15) is 9.26 Å². The largest absolute Gasteiger partial charge is 0.452 e. The minimum Gasteiger partial charge on any atom is -0.452 e. The number of H-pyrrole nitrogens is 2. The van der Waals surface area contributed by atoms with Crippen LogP contribution in [0.5, 0.6) is 11.5 Å². The number of nitrogens with one attached hydrogen (secondary N) is 3. The van der Waals surface area contributed by atoms with Gasteiger partial charge in [-0.1, -0.05) is 174 Å². The zero-order valence-corrected chi connectivity index (χ0v) is 46.1. The van der Waals surface area contributed by atoms with Crippen LogP contribution >= 0.6 is 49.0 Å². The summed E-state index contributed by atoms with van der Waals surface area (Å²) in [6.07, 6.45) is 0.835. The molecule has 1 unspecified atom stereocenters. The van der Waals surface area contributed by atoms with Crippen molar-refractivity contribution in [1.29, 1.82) is 0 Å². The van der Waals surface area contributed by atoms with Crippen LogP contribution in [0, 0.1) is 20.8 Å². The van der Waals surface area contributed by atoms with Gasteiger partial charge in [-0.05, 0) is 75.7 Å². The Morgan fingerprint density at radius 1 is 0.627 bits per heavy atom. The number of para-hydroxylation sites is 2. The van der Waals surface area contributed by atoms with Crippen molar-refractivity contribution in [3.05, 3.63) is 136 Å². The van der Waals surface area contributed by atoms with E-state index in [1.165, 1.54) is 23.5 Å². The lowest BCUT2D eigenvalue weighted by molar-refractivity contribution is -0.152. The van der Waals surface area contributed by atoms with E-state index in [1.807, 2.05) is 102 Å². The van der Waals surface area contributed by atoms with Gasteiger partial charge in [0.1, 0.15) is 21.5 Å².